The van der Waals surface area contributed by atoms with Crippen molar-refractivity contribution >= 4 is 22.3 Å². The van der Waals surface area contributed by atoms with E-state index in [9.17, 15) is 0 Å². The molecule has 23 heavy (non-hydrogen) atoms. The summed E-state index contributed by atoms with van der Waals surface area (Å²) in [6, 6.07) is 11.5. The number of aromatic nitrogens is 3. The first-order valence-electron chi connectivity index (χ1n) is 7.45. The van der Waals surface area contributed by atoms with Gasteiger partial charge in [-0.05, 0) is 24.1 Å². The fourth-order valence-electron chi connectivity index (χ4n) is 1.89. The first-order chi connectivity index (χ1) is 11.2. The topological polar surface area (TPSA) is 59.9 Å². The number of anilines is 2. The van der Waals surface area contributed by atoms with Crippen LogP contribution in [0.1, 0.15) is 13.8 Å². The van der Waals surface area contributed by atoms with Crippen LogP contribution in [0.25, 0.3) is 10.6 Å². The average Bonchev–Trinajstić information content (AvgIpc) is 3.03. The fourth-order valence-corrected chi connectivity index (χ4v) is 2.69. The number of nitrogens with one attached hydrogen (secondary N) is 1. The smallest absolute Gasteiger partial charge is 0.215 e. The third-order valence-corrected chi connectivity index (χ3v) is 3.88. The van der Waals surface area contributed by atoms with Crippen LogP contribution >= 0.6 is 11.3 Å². The Kier molecular flexibility index (Phi) is 4.83. The molecular weight excluding hydrogens is 308 g/mol. The predicted molar refractivity (Wildman–Crippen MR) is 93.2 cm³/mol. The second kappa shape index (κ2) is 7.19. The van der Waals surface area contributed by atoms with Crippen molar-refractivity contribution in [2.45, 2.75) is 13.8 Å². The van der Waals surface area contributed by atoms with Crippen LogP contribution in [-0.2, 0) is 0 Å². The van der Waals surface area contributed by atoms with Crippen LogP contribution in [0.4, 0.5) is 10.9 Å². The molecular formula is C17H18N4OS. The summed E-state index contributed by atoms with van der Waals surface area (Å²) in [5.41, 5.74) is 0.917. The van der Waals surface area contributed by atoms with Crippen LogP contribution in [0.15, 0.2) is 48.8 Å². The second-order valence-electron chi connectivity index (χ2n) is 5.44. The Labute approximate surface area is 139 Å². The lowest BCUT2D eigenvalue weighted by Gasteiger charge is -2.09. The Morgan fingerprint density at radius 1 is 1.13 bits per heavy atom. The van der Waals surface area contributed by atoms with Gasteiger partial charge in [0.25, 0.3) is 0 Å². The van der Waals surface area contributed by atoms with E-state index in [0.29, 0.717) is 24.2 Å². The first-order valence-corrected chi connectivity index (χ1v) is 8.26. The highest BCUT2D eigenvalue weighted by Gasteiger charge is 2.07. The standard InChI is InChI=1S/C17H18N4OS/c1-12(2)11-22-16-8-5-7-15(20-16)21-17-19-10-14(23-17)13-6-3-4-9-18-13/h3-10,12H,11H2,1-2H3,(H,19,20,21). The van der Waals surface area contributed by atoms with Gasteiger partial charge in [-0.25, -0.2) is 4.98 Å². The molecule has 0 bridgehead atoms. The SMILES string of the molecule is CC(C)COc1cccc(Nc2ncc(-c3ccccn3)s2)n1. The van der Waals surface area contributed by atoms with Gasteiger partial charge in [0, 0.05) is 18.5 Å². The van der Waals surface area contributed by atoms with Gasteiger partial charge in [0.05, 0.1) is 17.2 Å². The van der Waals surface area contributed by atoms with Crippen LogP contribution in [0, 0.1) is 5.92 Å². The molecule has 3 rings (SSSR count). The summed E-state index contributed by atoms with van der Waals surface area (Å²) in [7, 11) is 0. The van der Waals surface area contributed by atoms with Gasteiger partial charge in [-0.15, -0.1) is 0 Å². The third kappa shape index (κ3) is 4.26. The first kappa shape index (κ1) is 15.4. The Hall–Kier alpha value is -2.47. The summed E-state index contributed by atoms with van der Waals surface area (Å²) in [6.45, 7) is 4.87. The molecule has 0 saturated carbocycles. The molecule has 0 fully saturated rings. The van der Waals surface area contributed by atoms with E-state index in [2.05, 4.69) is 34.1 Å². The molecule has 3 aromatic rings. The molecule has 0 saturated heterocycles. The van der Waals surface area contributed by atoms with E-state index in [0.717, 1.165) is 15.7 Å². The van der Waals surface area contributed by atoms with Crippen molar-refractivity contribution < 1.29 is 4.74 Å². The van der Waals surface area contributed by atoms with Gasteiger partial charge in [0.2, 0.25) is 5.88 Å². The lowest BCUT2D eigenvalue weighted by molar-refractivity contribution is 0.262. The molecule has 6 heteroatoms. The van der Waals surface area contributed by atoms with E-state index < -0.39 is 0 Å². The quantitative estimate of drug-likeness (QED) is 0.728. The van der Waals surface area contributed by atoms with E-state index in [1.807, 2.05) is 42.6 Å². The Balaban J connectivity index is 1.70. The van der Waals surface area contributed by atoms with Gasteiger partial charge in [0.1, 0.15) is 5.82 Å². The number of rotatable bonds is 6. The Morgan fingerprint density at radius 2 is 2.04 bits per heavy atom. The van der Waals surface area contributed by atoms with Crippen LogP contribution in [0.3, 0.4) is 0 Å². The van der Waals surface area contributed by atoms with Crippen molar-refractivity contribution in [3.8, 4) is 16.5 Å². The van der Waals surface area contributed by atoms with Crippen molar-refractivity contribution in [2.75, 3.05) is 11.9 Å². The van der Waals surface area contributed by atoms with E-state index in [1.165, 1.54) is 11.3 Å². The highest BCUT2D eigenvalue weighted by atomic mass is 32.1. The van der Waals surface area contributed by atoms with Gasteiger partial charge in [-0.1, -0.05) is 37.3 Å². The van der Waals surface area contributed by atoms with Gasteiger partial charge in [-0.3, -0.25) is 4.98 Å². The predicted octanol–water partition coefficient (Wildman–Crippen LogP) is 4.38. The van der Waals surface area contributed by atoms with Crippen molar-refractivity contribution in [3.63, 3.8) is 0 Å². The van der Waals surface area contributed by atoms with Crippen molar-refractivity contribution in [2.24, 2.45) is 5.92 Å². The van der Waals surface area contributed by atoms with Crippen LogP contribution < -0.4 is 10.1 Å². The zero-order valence-corrected chi connectivity index (χ0v) is 13.9. The zero-order chi connectivity index (χ0) is 16.1. The number of nitrogens with zero attached hydrogens (tertiary/aromatic N) is 3. The number of pyridine rings is 2. The van der Waals surface area contributed by atoms with E-state index in [1.54, 1.807) is 6.20 Å². The van der Waals surface area contributed by atoms with Gasteiger partial charge in [-0.2, -0.15) is 4.98 Å². The maximum atomic E-state index is 5.64. The number of hydrogen-bond acceptors (Lipinski definition) is 6. The summed E-state index contributed by atoms with van der Waals surface area (Å²) in [5, 5.41) is 3.99. The summed E-state index contributed by atoms with van der Waals surface area (Å²) in [5.74, 6) is 1.80. The Bertz CT molecular complexity index is 758. The molecule has 0 aliphatic rings. The molecule has 1 N–H and O–H groups in total. The van der Waals surface area contributed by atoms with E-state index in [4.69, 9.17) is 4.74 Å². The van der Waals surface area contributed by atoms with E-state index in [-0.39, 0.29) is 0 Å². The molecule has 0 aliphatic carbocycles. The molecule has 3 heterocycles. The zero-order valence-electron chi connectivity index (χ0n) is 13.1. The molecule has 0 unspecified atom stereocenters. The lowest BCUT2D eigenvalue weighted by atomic mass is 10.2. The van der Waals surface area contributed by atoms with Gasteiger partial charge < -0.3 is 10.1 Å². The number of hydrogen-bond donors (Lipinski definition) is 1. The minimum Gasteiger partial charge on any atom is -0.477 e. The highest BCUT2D eigenvalue weighted by molar-refractivity contribution is 7.18. The van der Waals surface area contributed by atoms with Crippen LogP contribution in [0.2, 0.25) is 0 Å². The second-order valence-corrected chi connectivity index (χ2v) is 6.47. The maximum absolute atomic E-state index is 5.64. The molecule has 118 valence electrons. The number of ether oxygens (including phenoxy) is 1. The minimum atomic E-state index is 0.466. The van der Waals surface area contributed by atoms with Crippen molar-refractivity contribution in [1.29, 1.82) is 0 Å². The minimum absolute atomic E-state index is 0.466. The monoisotopic (exact) mass is 326 g/mol. The highest BCUT2D eigenvalue weighted by Crippen LogP contribution is 2.29. The molecule has 5 nitrogen and oxygen atoms in total. The molecule has 0 spiro atoms. The van der Waals surface area contributed by atoms with Crippen LogP contribution in [-0.4, -0.2) is 21.6 Å². The molecule has 0 radical (unpaired) electrons. The molecule has 0 amide bonds. The fraction of sp³-hybridized carbons (Fsp3) is 0.235. The summed E-state index contributed by atoms with van der Waals surface area (Å²) >= 11 is 1.54. The molecule has 0 aromatic carbocycles. The molecule has 0 atom stereocenters. The van der Waals surface area contributed by atoms with Gasteiger partial charge in [0.15, 0.2) is 5.13 Å². The average molecular weight is 326 g/mol. The Morgan fingerprint density at radius 3 is 2.83 bits per heavy atom. The number of thiazole rings is 1. The summed E-state index contributed by atoms with van der Waals surface area (Å²) < 4.78 is 5.64. The molecule has 3 aromatic heterocycles. The summed E-state index contributed by atoms with van der Waals surface area (Å²) in [4.78, 5) is 14.2. The summed E-state index contributed by atoms with van der Waals surface area (Å²) in [6.07, 6.45) is 3.59. The van der Waals surface area contributed by atoms with Gasteiger partial charge >= 0.3 is 0 Å². The molecule has 0 aliphatic heterocycles. The maximum Gasteiger partial charge on any atom is 0.215 e. The normalized spacial score (nSPS) is 10.7. The third-order valence-electron chi connectivity index (χ3n) is 2.95. The van der Waals surface area contributed by atoms with E-state index >= 15 is 0 Å². The van der Waals surface area contributed by atoms with Crippen molar-refractivity contribution in [1.82, 2.24) is 15.0 Å². The lowest BCUT2D eigenvalue weighted by Crippen LogP contribution is -2.06. The van der Waals surface area contributed by atoms with Crippen LogP contribution in [0.5, 0.6) is 5.88 Å². The van der Waals surface area contributed by atoms with Crippen molar-refractivity contribution in [3.05, 3.63) is 48.8 Å². The largest absolute Gasteiger partial charge is 0.477 e.